The largest absolute Gasteiger partial charge is 0.407 e. The molecule has 1 aliphatic heterocycles. The summed E-state index contributed by atoms with van der Waals surface area (Å²) in [4.78, 5) is 8.04. The summed E-state index contributed by atoms with van der Waals surface area (Å²) in [6.45, 7) is -0.165. The van der Waals surface area contributed by atoms with Gasteiger partial charge in [0.25, 0.3) is 0 Å². The highest BCUT2D eigenvalue weighted by molar-refractivity contribution is 7.92. The lowest BCUT2D eigenvalue weighted by molar-refractivity contribution is -0.130. The van der Waals surface area contributed by atoms with Crippen molar-refractivity contribution in [3.05, 3.63) is 23.6 Å². The molecule has 0 fully saturated rings. The van der Waals surface area contributed by atoms with Crippen LogP contribution in [-0.2, 0) is 15.5 Å². The third kappa shape index (κ3) is 3.78. The molecule has 1 aromatic heterocycles. The molecule has 0 aliphatic carbocycles. The Kier molecular flexibility index (Phi) is 4.86. The van der Waals surface area contributed by atoms with Gasteiger partial charge in [0.1, 0.15) is 39.3 Å². The third-order valence-corrected chi connectivity index (χ3v) is 6.16. The summed E-state index contributed by atoms with van der Waals surface area (Å²) in [6.07, 6.45) is -4.66. The van der Waals surface area contributed by atoms with E-state index in [1.165, 1.54) is 13.0 Å². The fourth-order valence-corrected chi connectivity index (χ4v) is 4.62. The SMILES string of the molecule is CN=S1(=O)CC(C)(c2nc(NC)ccc2F)N=C(N)N1CC(F)(F)F. The molecule has 25 heavy (non-hydrogen) atoms. The van der Waals surface area contributed by atoms with E-state index in [-0.39, 0.29) is 5.69 Å². The minimum Gasteiger partial charge on any atom is -0.373 e. The van der Waals surface area contributed by atoms with Gasteiger partial charge >= 0.3 is 6.18 Å². The summed E-state index contributed by atoms with van der Waals surface area (Å²) in [7, 11) is -0.894. The lowest BCUT2D eigenvalue weighted by atomic mass is 10.00. The number of nitrogens with two attached hydrogens (primary N) is 1. The molecule has 0 spiro atoms. The molecule has 2 rings (SSSR count). The number of hydrogen-bond acceptors (Lipinski definition) is 6. The Morgan fingerprint density at radius 1 is 1.48 bits per heavy atom. The van der Waals surface area contributed by atoms with Gasteiger partial charge in [0.15, 0.2) is 0 Å². The van der Waals surface area contributed by atoms with E-state index >= 15 is 0 Å². The molecule has 2 heterocycles. The Morgan fingerprint density at radius 3 is 2.64 bits per heavy atom. The van der Waals surface area contributed by atoms with Gasteiger partial charge in [-0.1, -0.05) is 0 Å². The number of rotatable bonds is 3. The number of aliphatic imine (C=N–C) groups is 1. The van der Waals surface area contributed by atoms with Gasteiger partial charge in [-0.3, -0.25) is 0 Å². The van der Waals surface area contributed by atoms with Crippen LogP contribution in [0.1, 0.15) is 12.6 Å². The van der Waals surface area contributed by atoms with Crippen LogP contribution >= 0.6 is 0 Å². The molecule has 140 valence electrons. The Bertz CT molecular complexity index is 817. The molecule has 0 radical (unpaired) electrons. The first-order valence-corrected chi connectivity index (χ1v) is 8.76. The van der Waals surface area contributed by atoms with Crippen molar-refractivity contribution in [2.75, 3.05) is 31.7 Å². The van der Waals surface area contributed by atoms with Gasteiger partial charge < -0.3 is 11.1 Å². The second-order valence-electron chi connectivity index (χ2n) is 5.61. The second kappa shape index (κ2) is 6.32. The number of anilines is 1. The van der Waals surface area contributed by atoms with Gasteiger partial charge in [0, 0.05) is 14.1 Å². The van der Waals surface area contributed by atoms with Crippen molar-refractivity contribution in [1.29, 1.82) is 0 Å². The van der Waals surface area contributed by atoms with E-state index in [0.29, 0.717) is 10.1 Å². The summed E-state index contributed by atoms with van der Waals surface area (Å²) in [6, 6.07) is 2.52. The molecule has 0 amide bonds. The first-order valence-electron chi connectivity index (χ1n) is 7.11. The average Bonchev–Trinajstić information content (AvgIpc) is 2.50. The number of nitrogens with zero attached hydrogens (tertiary/aromatic N) is 4. The third-order valence-electron chi connectivity index (χ3n) is 3.65. The Labute approximate surface area is 142 Å². The van der Waals surface area contributed by atoms with Crippen LogP contribution in [0.4, 0.5) is 23.4 Å². The average molecular weight is 382 g/mol. The van der Waals surface area contributed by atoms with Crippen molar-refractivity contribution in [2.45, 2.75) is 18.6 Å². The van der Waals surface area contributed by atoms with E-state index in [1.54, 1.807) is 7.05 Å². The lowest BCUT2D eigenvalue weighted by Gasteiger charge is -2.38. The molecule has 1 aromatic rings. The van der Waals surface area contributed by atoms with Gasteiger partial charge in [-0.15, -0.1) is 0 Å². The van der Waals surface area contributed by atoms with Gasteiger partial charge in [0.05, 0.1) is 5.75 Å². The smallest absolute Gasteiger partial charge is 0.373 e. The molecule has 0 saturated carbocycles. The van der Waals surface area contributed by atoms with Crippen LogP contribution in [0.25, 0.3) is 0 Å². The number of alkyl halides is 3. The van der Waals surface area contributed by atoms with E-state index in [0.717, 1.165) is 13.1 Å². The standard InChI is InChI=1S/C13H18F4N6OS/c1-12(10-8(14)4-5-9(19-2)21-10)7-25(24,20-3)23(11(18)22-12)6-13(15,16)17/h4-5H,6-7H2,1-3H3,(H2,18,22)(H,19,21). The number of hydrogen-bond donors (Lipinski definition) is 2. The highest BCUT2D eigenvalue weighted by atomic mass is 32.2. The minimum absolute atomic E-state index is 0.176. The topological polar surface area (TPSA) is 96.0 Å². The van der Waals surface area contributed by atoms with Gasteiger partial charge in [-0.05, 0) is 19.1 Å². The molecular formula is C13H18F4N6OS. The molecule has 12 heteroatoms. The van der Waals surface area contributed by atoms with Crippen molar-refractivity contribution in [3.8, 4) is 0 Å². The number of nitrogens with one attached hydrogen (secondary N) is 1. The number of halogens is 4. The summed E-state index contributed by atoms with van der Waals surface area (Å²) < 4.78 is 69.6. The van der Waals surface area contributed by atoms with E-state index < -0.39 is 45.7 Å². The van der Waals surface area contributed by atoms with Crippen molar-refractivity contribution in [3.63, 3.8) is 0 Å². The second-order valence-corrected chi connectivity index (χ2v) is 7.91. The van der Waals surface area contributed by atoms with Crippen LogP contribution in [0.15, 0.2) is 21.5 Å². The molecule has 1 aliphatic rings. The minimum atomic E-state index is -4.66. The highest BCUT2D eigenvalue weighted by Crippen LogP contribution is 2.35. The van der Waals surface area contributed by atoms with Crippen LogP contribution in [0.5, 0.6) is 0 Å². The van der Waals surface area contributed by atoms with Crippen molar-refractivity contribution < 1.29 is 21.8 Å². The van der Waals surface area contributed by atoms with Gasteiger partial charge in [0.2, 0.25) is 5.96 Å². The van der Waals surface area contributed by atoms with Crippen LogP contribution < -0.4 is 11.1 Å². The van der Waals surface area contributed by atoms with E-state index in [1.807, 2.05) is 0 Å². The van der Waals surface area contributed by atoms with E-state index in [4.69, 9.17) is 5.73 Å². The fraction of sp³-hybridized carbons (Fsp3) is 0.538. The van der Waals surface area contributed by atoms with E-state index in [2.05, 4.69) is 19.7 Å². The maximum Gasteiger partial charge on any atom is 0.407 e. The normalized spacial score (nSPS) is 27.0. The van der Waals surface area contributed by atoms with Crippen LogP contribution in [0.2, 0.25) is 0 Å². The molecule has 0 bridgehead atoms. The summed E-state index contributed by atoms with van der Waals surface area (Å²) >= 11 is 0. The highest BCUT2D eigenvalue weighted by Gasteiger charge is 2.46. The van der Waals surface area contributed by atoms with Crippen LogP contribution in [-0.4, -0.2) is 52.0 Å². The Hall–Kier alpha value is -2.11. The van der Waals surface area contributed by atoms with Crippen molar-refractivity contribution in [1.82, 2.24) is 9.29 Å². The lowest BCUT2D eigenvalue weighted by Crippen LogP contribution is -2.55. The van der Waals surface area contributed by atoms with Crippen LogP contribution in [0.3, 0.4) is 0 Å². The molecular weight excluding hydrogens is 364 g/mol. The zero-order valence-electron chi connectivity index (χ0n) is 13.8. The molecule has 2 atom stereocenters. The number of pyridine rings is 1. The summed E-state index contributed by atoms with van der Waals surface area (Å²) in [5.74, 6) is -1.52. The molecule has 3 N–H and O–H groups in total. The van der Waals surface area contributed by atoms with E-state index in [9.17, 15) is 21.8 Å². The van der Waals surface area contributed by atoms with Gasteiger partial charge in [-0.25, -0.2) is 27.2 Å². The molecule has 7 nitrogen and oxygen atoms in total. The maximum atomic E-state index is 14.3. The maximum absolute atomic E-state index is 14.3. The Balaban J connectivity index is 2.61. The van der Waals surface area contributed by atoms with Crippen molar-refractivity contribution >= 4 is 21.7 Å². The monoisotopic (exact) mass is 382 g/mol. The van der Waals surface area contributed by atoms with Gasteiger partial charge in [-0.2, -0.15) is 13.2 Å². The van der Waals surface area contributed by atoms with Crippen molar-refractivity contribution in [2.24, 2.45) is 15.1 Å². The zero-order valence-corrected chi connectivity index (χ0v) is 14.6. The molecule has 0 aromatic carbocycles. The molecule has 0 saturated heterocycles. The fourth-order valence-electron chi connectivity index (χ4n) is 2.52. The molecule has 2 unspecified atom stereocenters. The summed E-state index contributed by atoms with van der Waals surface area (Å²) in [5.41, 5.74) is 3.94. The first kappa shape index (κ1) is 19.2. The predicted octanol–water partition coefficient (Wildman–Crippen LogP) is 1.68. The van der Waals surface area contributed by atoms with Crippen LogP contribution in [0, 0.1) is 5.82 Å². The number of guanidine groups is 1. The first-order chi connectivity index (χ1) is 11.4. The number of aromatic nitrogens is 1. The zero-order chi connectivity index (χ0) is 19.0. The predicted molar refractivity (Wildman–Crippen MR) is 86.8 cm³/mol. The Morgan fingerprint density at radius 2 is 2.12 bits per heavy atom. The summed E-state index contributed by atoms with van der Waals surface area (Å²) in [5, 5.41) is 2.73. The quantitative estimate of drug-likeness (QED) is 0.778.